The van der Waals surface area contributed by atoms with Gasteiger partial charge in [0.25, 0.3) is 0 Å². The van der Waals surface area contributed by atoms with Crippen molar-refractivity contribution in [3.63, 3.8) is 0 Å². The molecule has 0 fully saturated rings. The third kappa shape index (κ3) is 4.43. The van der Waals surface area contributed by atoms with E-state index in [9.17, 15) is 0 Å². The number of methoxy groups -OCH3 is 2. The Morgan fingerprint density at radius 2 is 1.87 bits per heavy atom. The summed E-state index contributed by atoms with van der Waals surface area (Å²) in [4.78, 5) is 9.56. The fraction of sp³-hybridized carbons (Fsp3) is 0.294. The van der Waals surface area contributed by atoms with Gasteiger partial charge in [0.05, 0.1) is 44.0 Å². The predicted molar refractivity (Wildman–Crippen MR) is 86.8 cm³/mol. The number of hydrogen-bond donors (Lipinski definition) is 1. The van der Waals surface area contributed by atoms with Crippen molar-refractivity contribution in [1.82, 2.24) is 4.98 Å². The molecule has 0 aliphatic heterocycles. The molecular formula is C17H20N2O4. The van der Waals surface area contributed by atoms with Crippen LogP contribution in [0, 0.1) is 6.92 Å². The molecule has 23 heavy (non-hydrogen) atoms. The van der Waals surface area contributed by atoms with E-state index < -0.39 is 0 Å². The lowest BCUT2D eigenvalue weighted by Gasteiger charge is -2.11. The van der Waals surface area contributed by atoms with Crippen LogP contribution < -0.4 is 9.47 Å². The molecule has 1 heterocycles. The van der Waals surface area contributed by atoms with Gasteiger partial charge in [0, 0.05) is 0 Å². The molecule has 0 unspecified atom stereocenters. The van der Waals surface area contributed by atoms with Gasteiger partial charge in [0.2, 0.25) is 0 Å². The number of nitrogens with zero attached hydrogens (tertiary/aromatic N) is 2. The Bertz CT molecular complexity index is 664. The molecule has 0 amide bonds. The average Bonchev–Trinajstić information content (AvgIpc) is 2.57. The van der Waals surface area contributed by atoms with E-state index in [2.05, 4.69) is 10.1 Å². The first-order valence-electron chi connectivity index (χ1n) is 7.11. The summed E-state index contributed by atoms with van der Waals surface area (Å²) in [5.41, 5.74) is 3.00. The number of benzene rings is 1. The van der Waals surface area contributed by atoms with Crippen molar-refractivity contribution in [2.75, 3.05) is 14.2 Å². The lowest BCUT2D eigenvalue weighted by atomic mass is 10.2. The fourth-order valence-corrected chi connectivity index (χ4v) is 2.18. The zero-order valence-electron chi connectivity index (χ0n) is 13.4. The number of ether oxygens (including phenoxy) is 2. The molecule has 0 spiro atoms. The SMILES string of the molecule is COc1cccc(OC)c1CO/N=C/c1cc(C)cc(CO)n1. The van der Waals surface area contributed by atoms with E-state index >= 15 is 0 Å². The molecule has 0 atom stereocenters. The first-order valence-corrected chi connectivity index (χ1v) is 7.11. The Balaban J connectivity index is 2.06. The normalized spacial score (nSPS) is 10.8. The third-order valence-corrected chi connectivity index (χ3v) is 3.20. The van der Waals surface area contributed by atoms with Gasteiger partial charge in [-0.1, -0.05) is 11.2 Å². The number of rotatable bonds is 7. The molecule has 0 bridgehead atoms. The first kappa shape index (κ1) is 16.8. The van der Waals surface area contributed by atoms with Crippen LogP contribution in [0.15, 0.2) is 35.5 Å². The highest BCUT2D eigenvalue weighted by Gasteiger charge is 2.10. The van der Waals surface area contributed by atoms with Crippen LogP contribution in [0.25, 0.3) is 0 Å². The quantitative estimate of drug-likeness (QED) is 0.627. The van der Waals surface area contributed by atoms with Gasteiger partial charge in [-0.15, -0.1) is 0 Å². The number of hydrogen-bond acceptors (Lipinski definition) is 6. The Morgan fingerprint density at radius 1 is 1.17 bits per heavy atom. The molecular weight excluding hydrogens is 296 g/mol. The van der Waals surface area contributed by atoms with E-state index in [1.54, 1.807) is 14.2 Å². The zero-order valence-corrected chi connectivity index (χ0v) is 13.4. The lowest BCUT2D eigenvalue weighted by molar-refractivity contribution is 0.127. The Labute approximate surface area is 135 Å². The number of aryl methyl sites for hydroxylation is 1. The molecule has 1 N–H and O–H groups in total. The van der Waals surface area contributed by atoms with Gasteiger partial charge in [-0.05, 0) is 36.8 Å². The van der Waals surface area contributed by atoms with Gasteiger partial charge < -0.3 is 19.4 Å². The average molecular weight is 316 g/mol. The van der Waals surface area contributed by atoms with Crippen LogP contribution in [-0.2, 0) is 18.1 Å². The van der Waals surface area contributed by atoms with Gasteiger partial charge in [-0.25, -0.2) is 4.98 Å². The molecule has 6 heteroatoms. The van der Waals surface area contributed by atoms with Crippen LogP contribution in [0.1, 0.15) is 22.5 Å². The summed E-state index contributed by atoms with van der Waals surface area (Å²) in [5.74, 6) is 1.35. The Kier molecular flexibility index (Phi) is 5.94. The van der Waals surface area contributed by atoms with Crippen LogP contribution in [-0.4, -0.2) is 30.5 Å². The minimum absolute atomic E-state index is 0.109. The van der Waals surface area contributed by atoms with Crippen molar-refractivity contribution in [1.29, 1.82) is 0 Å². The van der Waals surface area contributed by atoms with E-state index in [0.29, 0.717) is 22.9 Å². The summed E-state index contributed by atoms with van der Waals surface area (Å²) >= 11 is 0. The highest BCUT2D eigenvalue weighted by atomic mass is 16.6. The molecule has 0 radical (unpaired) electrons. The number of aliphatic hydroxyl groups is 1. The van der Waals surface area contributed by atoms with Crippen LogP contribution in [0.5, 0.6) is 11.5 Å². The highest BCUT2D eigenvalue weighted by molar-refractivity contribution is 5.76. The molecule has 1 aromatic heterocycles. The molecule has 2 aromatic rings. The van der Waals surface area contributed by atoms with E-state index in [0.717, 1.165) is 11.1 Å². The van der Waals surface area contributed by atoms with Gasteiger partial charge in [0.15, 0.2) is 0 Å². The Morgan fingerprint density at radius 3 is 2.48 bits per heavy atom. The van der Waals surface area contributed by atoms with Gasteiger partial charge in [-0.2, -0.15) is 0 Å². The van der Waals surface area contributed by atoms with Crippen molar-refractivity contribution >= 4 is 6.21 Å². The largest absolute Gasteiger partial charge is 0.496 e. The number of aliphatic hydroxyl groups excluding tert-OH is 1. The van der Waals surface area contributed by atoms with Crippen LogP contribution in [0.4, 0.5) is 0 Å². The van der Waals surface area contributed by atoms with Gasteiger partial charge in [-0.3, -0.25) is 0 Å². The molecule has 0 aliphatic rings. The number of oxime groups is 1. The molecule has 122 valence electrons. The van der Waals surface area contributed by atoms with Crippen molar-refractivity contribution in [3.8, 4) is 11.5 Å². The van der Waals surface area contributed by atoms with Gasteiger partial charge in [0.1, 0.15) is 18.1 Å². The van der Waals surface area contributed by atoms with Gasteiger partial charge >= 0.3 is 0 Å². The molecule has 0 aliphatic carbocycles. The lowest BCUT2D eigenvalue weighted by Crippen LogP contribution is -1.99. The molecule has 0 saturated heterocycles. The van der Waals surface area contributed by atoms with E-state index in [-0.39, 0.29) is 13.2 Å². The second kappa shape index (κ2) is 8.14. The van der Waals surface area contributed by atoms with E-state index in [1.165, 1.54) is 6.21 Å². The van der Waals surface area contributed by atoms with Crippen molar-refractivity contribution in [2.24, 2.45) is 5.16 Å². The maximum atomic E-state index is 9.16. The summed E-state index contributed by atoms with van der Waals surface area (Å²) < 4.78 is 10.6. The van der Waals surface area contributed by atoms with Crippen LogP contribution in [0.2, 0.25) is 0 Å². The second-order valence-electron chi connectivity index (χ2n) is 4.87. The molecule has 1 aromatic carbocycles. The second-order valence-corrected chi connectivity index (χ2v) is 4.87. The maximum Gasteiger partial charge on any atom is 0.149 e. The predicted octanol–water partition coefficient (Wildman–Crippen LogP) is 2.45. The topological polar surface area (TPSA) is 73.2 Å². The van der Waals surface area contributed by atoms with Crippen molar-refractivity contribution in [3.05, 3.63) is 52.8 Å². The fourth-order valence-electron chi connectivity index (χ4n) is 2.18. The van der Waals surface area contributed by atoms with Crippen molar-refractivity contribution in [2.45, 2.75) is 20.1 Å². The molecule has 6 nitrogen and oxygen atoms in total. The summed E-state index contributed by atoms with van der Waals surface area (Å²) in [6.45, 7) is 2.03. The summed E-state index contributed by atoms with van der Waals surface area (Å²) in [5, 5.41) is 13.1. The van der Waals surface area contributed by atoms with Crippen LogP contribution in [0.3, 0.4) is 0 Å². The minimum Gasteiger partial charge on any atom is -0.496 e. The monoisotopic (exact) mass is 316 g/mol. The first-order chi connectivity index (χ1) is 11.2. The summed E-state index contributed by atoms with van der Waals surface area (Å²) in [6.07, 6.45) is 1.51. The van der Waals surface area contributed by atoms with E-state index in [4.69, 9.17) is 19.4 Å². The van der Waals surface area contributed by atoms with Crippen molar-refractivity contribution < 1.29 is 19.4 Å². The standard InChI is InChI=1S/C17H20N2O4/c1-12-7-13(19-14(8-12)10-20)9-18-23-11-15-16(21-2)5-4-6-17(15)22-3/h4-9,20H,10-11H2,1-3H3/b18-9+. The molecule has 2 rings (SSSR count). The third-order valence-electron chi connectivity index (χ3n) is 3.20. The molecule has 0 saturated carbocycles. The highest BCUT2D eigenvalue weighted by Crippen LogP contribution is 2.28. The summed E-state index contributed by atoms with van der Waals surface area (Å²) in [7, 11) is 3.18. The summed E-state index contributed by atoms with van der Waals surface area (Å²) in [6, 6.07) is 9.19. The maximum absolute atomic E-state index is 9.16. The minimum atomic E-state index is -0.109. The number of pyridine rings is 1. The van der Waals surface area contributed by atoms with Crippen LogP contribution >= 0.6 is 0 Å². The zero-order chi connectivity index (χ0) is 16.7. The Hall–Kier alpha value is -2.60. The van der Waals surface area contributed by atoms with E-state index in [1.807, 2.05) is 37.3 Å². The smallest absolute Gasteiger partial charge is 0.149 e. The number of aromatic nitrogens is 1.